The summed E-state index contributed by atoms with van der Waals surface area (Å²) in [6.45, 7) is 6.37. The van der Waals surface area contributed by atoms with Gasteiger partial charge in [0.2, 0.25) is 0 Å². The molecule has 0 spiro atoms. The Kier molecular flexibility index (Phi) is 5.21. The van der Waals surface area contributed by atoms with Crippen LogP contribution >= 0.6 is 11.3 Å². The predicted molar refractivity (Wildman–Crippen MR) is 86.5 cm³/mol. The average Bonchev–Trinajstić information content (AvgIpc) is 2.90. The van der Waals surface area contributed by atoms with E-state index in [1.807, 2.05) is 12.1 Å². The number of hydrogen-bond acceptors (Lipinski definition) is 3. The topological polar surface area (TPSA) is 35.2 Å². The van der Waals surface area contributed by atoms with Gasteiger partial charge in [-0.1, -0.05) is 26.0 Å². The van der Waals surface area contributed by atoms with Crippen molar-refractivity contribution < 1.29 is 4.74 Å². The molecule has 20 heavy (non-hydrogen) atoms. The minimum absolute atomic E-state index is 0.0122. The molecule has 1 aromatic carbocycles. The molecule has 3 heteroatoms. The Balaban J connectivity index is 2.21. The zero-order valence-corrected chi connectivity index (χ0v) is 13.2. The second-order valence-electron chi connectivity index (χ2n) is 5.08. The van der Waals surface area contributed by atoms with Crippen molar-refractivity contribution in [2.24, 2.45) is 5.73 Å². The molecule has 0 radical (unpaired) electrons. The molecular formula is C17H23NOS. The summed E-state index contributed by atoms with van der Waals surface area (Å²) in [5.74, 6) is 0.893. The van der Waals surface area contributed by atoms with Gasteiger partial charge in [-0.25, -0.2) is 0 Å². The highest BCUT2D eigenvalue weighted by atomic mass is 32.1. The second kappa shape index (κ2) is 6.91. The van der Waals surface area contributed by atoms with Gasteiger partial charge < -0.3 is 10.5 Å². The van der Waals surface area contributed by atoms with E-state index in [9.17, 15) is 0 Å². The lowest BCUT2D eigenvalue weighted by molar-refractivity contribution is 0.174. The van der Waals surface area contributed by atoms with E-state index in [-0.39, 0.29) is 12.1 Å². The van der Waals surface area contributed by atoms with Crippen molar-refractivity contribution >= 4 is 11.3 Å². The second-order valence-corrected chi connectivity index (χ2v) is 6.02. The van der Waals surface area contributed by atoms with Gasteiger partial charge in [-0.15, -0.1) is 11.3 Å². The standard InChI is InChI=1S/C17H23NOS/c1-4-13-6-8-14(9-7-13)19-16(15(18)5-2)17-12(3)10-11-20-17/h6-11,15-16H,4-5,18H2,1-3H3. The minimum Gasteiger partial charge on any atom is -0.483 e. The molecule has 2 N–H and O–H groups in total. The molecule has 0 saturated heterocycles. The maximum absolute atomic E-state index is 6.26. The first-order valence-corrected chi connectivity index (χ1v) is 8.08. The van der Waals surface area contributed by atoms with Gasteiger partial charge in [-0.3, -0.25) is 0 Å². The summed E-state index contributed by atoms with van der Waals surface area (Å²) in [6.07, 6.45) is 1.88. The number of aryl methyl sites for hydroxylation is 2. The molecule has 2 atom stereocenters. The SMILES string of the molecule is CCc1ccc(OC(c2sccc2C)C(N)CC)cc1. The van der Waals surface area contributed by atoms with Crippen molar-refractivity contribution in [1.82, 2.24) is 0 Å². The number of nitrogens with two attached hydrogens (primary N) is 1. The average molecular weight is 289 g/mol. The van der Waals surface area contributed by atoms with Gasteiger partial charge in [-0.05, 0) is 54.5 Å². The van der Waals surface area contributed by atoms with Gasteiger partial charge in [0.25, 0.3) is 0 Å². The Morgan fingerprint density at radius 2 is 1.85 bits per heavy atom. The number of ether oxygens (including phenoxy) is 1. The van der Waals surface area contributed by atoms with Crippen LogP contribution in [-0.2, 0) is 6.42 Å². The van der Waals surface area contributed by atoms with Crippen LogP contribution in [0.5, 0.6) is 5.75 Å². The smallest absolute Gasteiger partial charge is 0.148 e. The summed E-state index contributed by atoms with van der Waals surface area (Å²) in [5, 5.41) is 2.10. The Hall–Kier alpha value is -1.32. The van der Waals surface area contributed by atoms with Crippen LogP contribution in [0, 0.1) is 6.92 Å². The third kappa shape index (κ3) is 3.41. The van der Waals surface area contributed by atoms with E-state index in [1.165, 1.54) is 16.0 Å². The summed E-state index contributed by atoms with van der Waals surface area (Å²) >= 11 is 1.72. The molecule has 2 rings (SSSR count). The molecule has 108 valence electrons. The normalized spacial score (nSPS) is 14.0. The van der Waals surface area contributed by atoms with Gasteiger partial charge in [-0.2, -0.15) is 0 Å². The van der Waals surface area contributed by atoms with Crippen molar-refractivity contribution in [2.75, 3.05) is 0 Å². The zero-order valence-electron chi connectivity index (χ0n) is 12.4. The molecular weight excluding hydrogens is 266 g/mol. The van der Waals surface area contributed by atoms with Crippen molar-refractivity contribution in [3.8, 4) is 5.75 Å². The summed E-state index contributed by atoms with van der Waals surface area (Å²) in [6, 6.07) is 10.4. The zero-order chi connectivity index (χ0) is 14.5. The van der Waals surface area contributed by atoms with Crippen molar-refractivity contribution in [3.63, 3.8) is 0 Å². The van der Waals surface area contributed by atoms with Crippen LogP contribution in [-0.4, -0.2) is 6.04 Å². The van der Waals surface area contributed by atoms with Crippen LogP contribution in [0.15, 0.2) is 35.7 Å². The van der Waals surface area contributed by atoms with E-state index in [4.69, 9.17) is 10.5 Å². The maximum atomic E-state index is 6.26. The maximum Gasteiger partial charge on any atom is 0.148 e. The van der Waals surface area contributed by atoms with Gasteiger partial charge in [0.05, 0.1) is 0 Å². The third-order valence-electron chi connectivity index (χ3n) is 3.62. The molecule has 0 bridgehead atoms. The minimum atomic E-state index is -0.0625. The summed E-state index contributed by atoms with van der Waals surface area (Å²) in [7, 11) is 0. The monoisotopic (exact) mass is 289 g/mol. The fraction of sp³-hybridized carbons (Fsp3) is 0.412. The molecule has 0 aliphatic heterocycles. The van der Waals surface area contributed by atoms with Gasteiger partial charge in [0.1, 0.15) is 11.9 Å². The van der Waals surface area contributed by atoms with Crippen molar-refractivity contribution in [1.29, 1.82) is 0 Å². The molecule has 0 aliphatic carbocycles. The lowest BCUT2D eigenvalue weighted by Gasteiger charge is -2.24. The summed E-state index contributed by atoms with van der Waals surface area (Å²) in [4.78, 5) is 1.24. The Morgan fingerprint density at radius 1 is 1.15 bits per heavy atom. The molecule has 2 unspecified atom stereocenters. The van der Waals surface area contributed by atoms with Crippen LogP contribution in [0.2, 0.25) is 0 Å². The molecule has 0 saturated carbocycles. The van der Waals surface area contributed by atoms with E-state index in [2.05, 4.69) is 44.4 Å². The van der Waals surface area contributed by atoms with Crippen LogP contribution < -0.4 is 10.5 Å². The van der Waals surface area contributed by atoms with Crippen LogP contribution in [0.1, 0.15) is 42.4 Å². The van der Waals surface area contributed by atoms with Gasteiger partial charge >= 0.3 is 0 Å². The fourth-order valence-electron chi connectivity index (χ4n) is 2.18. The Morgan fingerprint density at radius 3 is 2.35 bits per heavy atom. The summed E-state index contributed by atoms with van der Waals surface area (Å²) in [5.41, 5.74) is 8.84. The van der Waals surface area contributed by atoms with Crippen LogP contribution in [0.3, 0.4) is 0 Å². The Bertz CT molecular complexity index is 532. The van der Waals surface area contributed by atoms with Crippen molar-refractivity contribution in [2.45, 2.75) is 45.8 Å². The summed E-state index contributed by atoms with van der Waals surface area (Å²) < 4.78 is 6.18. The van der Waals surface area contributed by atoms with Crippen LogP contribution in [0.4, 0.5) is 0 Å². The van der Waals surface area contributed by atoms with Gasteiger partial charge in [0.15, 0.2) is 0 Å². The first-order chi connectivity index (χ1) is 9.65. The fourth-order valence-corrected chi connectivity index (χ4v) is 3.21. The highest BCUT2D eigenvalue weighted by molar-refractivity contribution is 7.10. The quantitative estimate of drug-likeness (QED) is 0.851. The molecule has 2 aromatic rings. The number of hydrogen-bond donors (Lipinski definition) is 1. The van der Waals surface area contributed by atoms with E-state index < -0.39 is 0 Å². The molecule has 1 aromatic heterocycles. The first-order valence-electron chi connectivity index (χ1n) is 7.20. The number of rotatable bonds is 6. The third-order valence-corrected chi connectivity index (χ3v) is 4.70. The van der Waals surface area contributed by atoms with E-state index >= 15 is 0 Å². The molecule has 0 aliphatic rings. The highest BCUT2D eigenvalue weighted by Crippen LogP contribution is 2.31. The van der Waals surface area contributed by atoms with E-state index in [0.717, 1.165) is 18.6 Å². The van der Waals surface area contributed by atoms with Gasteiger partial charge in [0, 0.05) is 10.9 Å². The lowest BCUT2D eigenvalue weighted by Crippen LogP contribution is -2.31. The van der Waals surface area contributed by atoms with E-state index in [1.54, 1.807) is 11.3 Å². The Labute approximate surface area is 125 Å². The molecule has 2 nitrogen and oxygen atoms in total. The molecule has 0 amide bonds. The number of thiophene rings is 1. The lowest BCUT2D eigenvalue weighted by atomic mass is 10.1. The molecule has 0 fully saturated rings. The van der Waals surface area contributed by atoms with Crippen LogP contribution in [0.25, 0.3) is 0 Å². The molecule has 1 heterocycles. The van der Waals surface area contributed by atoms with Crippen molar-refractivity contribution in [3.05, 3.63) is 51.7 Å². The number of benzene rings is 1. The predicted octanol–water partition coefficient (Wildman–Crippen LogP) is 4.48. The largest absolute Gasteiger partial charge is 0.483 e. The van der Waals surface area contributed by atoms with E-state index in [0.29, 0.717) is 0 Å². The highest BCUT2D eigenvalue weighted by Gasteiger charge is 2.23. The first kappa shape index (κ1) is 15.1.